The second-order valence-electron chi connectivity index (χ2n) is 4.03. The van der Waals surface area contributed by atoms with Crippen LogP contribution in [0, 0.1) is 10.1 Å². The Morgan fingerprint density at radius 3 is 2.48 bits per heavy atom. The van der Waals surface area contributed by atoms with Crippen molar-refractivity contribution in [1.29, 1.82) is 0 Å². The summed E-state index contributed by atoms with van der Waals surface area (Å²) >= 11 is 5.78. The number of nitrogens with zero attached hydrogens (tertiary/aromatic N) is 1. The summed E-state index contributed by atoms with van der Waals surface area (Å²) < 4.78 is 26.6. The number of nitro groups is 1. The van der Waals surface area contributed by atoms with E-state index in [4.69, 9.17) is 11.6 Å². The van der Waals surface area contributed by atoms with Gasteiger partial charge in [0.05, 0.1) is 15.6 Å². The fraction of sp³-hybridized carbons (Fsp3) is 0. The van der Waals surface area contributed by atoms with Gasteiger partial charge in [-0.1, -0.05) is 17.7 Å². The van der Waals surface area contributed by atoms with Gasteiger partial charge in [0.25, 0.3) is 15.7 Å². The van der Waals surface area contributed by atoms with Gasteiger partial charge in [-0.3, -0.25) is 14.8 Å². The van der Waals surface area contributed by atoms with Gasteiger partial charge in [-0.15, -0.1) is 0 Å². The first-order valence-electron chi connectivity index (χ1n) is 5.55. The number of hydrogen-bond donors (Lipinski definition) is 2. The largest absolute Gasteiger partial charge is 0.508 e. The first-order chi connectivity index (χ1) is 9.79. The normalized spacial score (nSPS) is 11.1. The molecule has 0 atom stereocenters. The van der Waals surface area contributed by atoms with E-state index >= 15 is 0 Å². The molecule has 0 aliphatic rings. The average molecular weight is 329 g/mol. The first kappa shape index (κ1) is 15.1. The number of nitro benzene ring substituents is 1. The van der Waals surface area contributed by atoms with Crippen LogP contribution >= 0.6 is 11.6 Å². The second-order valence-corrected chi connectivity index (χ2v) is 6.09. The summed E-state index contributed by atoms with van der Waals surface area (Å²) in [5.74, 6) is -0.106. The number of sulfonamides is 1. The standard InChI is InChI=1S/C12H9ClN2O5S/c13-11-7-9(15(17)18)4-5-12(11)21(19,20)14-8-2-1-3-10(16)6-8/h1-7,14,16H. The van der Waals surface area contributed by atoms with Crippen LogP contribution in [0.2, 0.25) is 5.02 Å². The molecule has 0 amide bonds. The molecule has 0 radical (unpaired) electrons. The van der Waals surface area contributed by atoms with Gasteiger partial charge in [-0.2, -0.15) is 0 Å². The Kier molecular flexibility index (Phi) is 4.01. The van der Waals surface area contributed by atoms with Crippen molar-refractivity contribution in [1.82, 2.24) is 0 Å². The van der Waals surface area contributed by atoms with Gasteiger partial charge in [0.1, 0.15) is 10.6 Å². The van der Waals surface area contributed by atoms with Crippen molar-refractivity contribution in [3.05, 3.63) is 57.6 Å². The third kappa shape index (κ3) is 3.41. The fourth-order valence-electron chi connectivity index (χ4n) is 1.60. The van der Waals surface area contributed by atoms with Crippen molar-refractivity contribution < 1.29 is 18.4 Å². The molecule has 0 bridgehead atoms. The van der Waals surface area contributed by atoms with Crippen LogP contribution in [0.25, 0.3) is 0 Å². The maximum Gasteiger partial charge on any atom is 0.271 e. The molecule has 7 nitrogen and oxygen atoms in total. The van der Waals surface area contributed by atoms with Crippen molar-refractivity contribution >= 4 is 33.0 Å². The fourth-order valence-corrected chi connectivity index (χ4v) is 3.19. The van der Waals surface area contributed by atoms with Gasteiger partial charge in [0.15, 0.2) is 0 Å². The highest BCUT2D eigenvalue weighted by atomic mass is 35.5. The molecule has 0 unspecified atom stereocenters. The maximum absolute atomic E-state index is 12.2. The molecule has 0 fully saturated rings. The number of halogens is 1. The molecule has 0 heterocycles. The lowest BCUT2D eigenvalue weighted by molar-refractivity contribution is -0.384. The molecular formula is C12H9ClN2O5S. The Bertz CT molecular complexity index is 807. The van der Waals surface area contributed by atoms with Crippen LogP contribution in [-0.4, -0.2) is 18.4 Å². The van der Waals surface area contributed by atoms with Crippen molar-refractivity contribution in [3.63, 3.8) is 0 Å². The molecule has 9 heteroatoms. The van der Waals surface area contributed by atoms with Gasteiger partial charge in [-0.05, 0) is 18.2 Å². The summed E-state index contributed by atoms with van der Waals surface area (Å²) in [6.07, 6.45) is 0. The molecule has 0 aliphatic carbocycles. The maximum atomic E-state index is 12.2. The third-order valence-electron chi connectivity index (χ3n) is 2.51. The van der Waals surface area contributed by atoms with E-state index in [-0.39, 0.29) is 27.0 Å². The van der Waals surface area contributed by atoms with Gasteiger partial charge in [0.2, 0.25) is 0 Å². The molecule has 0 spiro atoms. The highest BCUT2D eigenvalue weighted by Gasteiger charge is 2.20. The van der Waals surface area contributed by atoms with Gasteiger partial charge in [-0.25, -0.2) is 8.42 Å². The number of nitrogens with one attached hydrogen (secondary N) is 1. The smallest absolute Gasteiger partial charge is 0.271 e. The zero-order chi connectivity index (χ0) is 15.6. The summed E-state index contributed by atoms with van der Waals surface area (Å²) in [4.78, 5) is 9.63. The Morgan fingerprint density at radius 1 is 1.19 bits per heavy atom. The number of anilines is 1. The minimum Gasteiger partial charge on any atom is -0.508 e. The van der Waals surface area contributed by atoms with Crippen molar-refractivity contribution in [2.24, 2.45) is 0 Å². The second kappa shape index (κ2) is 5.58. The number of hydrogen-bond acceptors (Lipinski definition) is 5. The SMILES string of the molecule is O=[N+]([O-])c1ccc(S(=O)(=O)Nc2cccc(O)c2)c(Cl)c1. The van der Waals surface area contributed by atoms with E-state index in [0.717, 1.165) is 18.2 Å². The van der Waals surface area contributed by atoms with E-state index in [0.29, 0.717) is 0 Å². The average Bonchev–Trinajstić information content (AvgIpc) is 2.37. The van der Waals surface area contributed by atoms with Crippen LogP contribution in [0.3, 0.4) is 0 Å². The molecule has 0 saturated carbocycles. The van der Waals surface area contributed by atoms with E-state index in [2.05, 4.69) is 4.72 Å². The Hall–Kier alpha value is -2.32. The lowest BCUT2D eigenvalue weighted by atomic mass is 10.3. The van der Waals surface area contributed by atoms with Gasteiger partial charge in [0, 0.05) is 18.2 Å². The molecular weight excluding hydrogens is 320 g/mol. The summed E-state index contributed by atoms with van der Waals surface area (Å²) in [6, 6.07) is 8.56. The summed E-state index contributed by atoms with van der Waals surface area (Å²) in [5.41, 5.74) is -0.166. The van der Waals surface area contributed by atoms with E-state index in [1.165, 1.54) is 24.3 Å². The quantitative estimate of drug-likeness (QED) is 0.662. The lowest BCUT2D eigenvalue weighted by Gasteiger charge is -2.09. The summed E-state index contributed by atoms with van der Waals surface area (Å²) in [6.45, 7) is 0. The zero-order valence-corrected chi connectivity index (χ0v) is 11.9. The van der Waals surface area contributed by atoms with Crippen LogP contribution in [-0.2, 0) is 10.0 Å². The minimum absolute atomic E-state index is 0.106. The minimum atomic E-state index is -4.02. The number of non-ortho nitro benzene ring substituents is 1. The van der Waals surface area contributed by atoms with Crippen LogP contribution in [0.5, 0.6) is 5.75 Å². The third-order valence-corrected chi connectivity index (χ3v) is 4.38. The molecule has 110 valence electrons. The lowest BCUT2D eigenvalue weighted by Crippen LogP contribution is -2.13. The molecule has 2 aromatic carbocycles. The van der Waals surface area contributed by atoms with Crippen LogP contribution in [0.1, 0.15) is 0 Å². The highest BCUT2D eigenvalue weighted by molar-refractivity contribution is 7.92. The van der Waals surface area contributed by atoms with Crippen molar-refractivity contribution in [2.75, 3.05) is 4.72 Å². The molecule has 2 N–H and O–H groups in total. The highest BCUT2D eigenvalue weighted by Crippen LogP contribution is 2.28. The summed E-state index contributed by atoms with van der Waals surface area (Å²) in [5, 5.41) is 19.6. The number of phenols is 1. The van der Waals surface area contributed by atoms with Crippen molar-refractivity contribution in [2.45, 2.75) is 4.90 Å². The first-order valence-corrected chi connectivity index (χ1v) is 7.41. The molecule has 0 aliphatic heterocycles. The van der Waals surface area contributed by atoms with E-state index < -0.39 is 14.9 Å². The molecule has 2 rings (SSSR count). The number of benzene rings is 2. The molecule has 0 saturated heterocycles. The van der Waals surface area contributed by atoms with E-state index in [9.17, 15) is 23.6 Å². The van der Waals surface area contributed by atoms with Crippen LogP contribution in [0.4, 0.5) is 11.4 Å². The Balaban J connectivity index is 2.38. The van der Waals surface area contributed by atoms with Gasteiger partial charge < -0.3 is 5.11 Å². The Morgan fingerprint density at radius 2 is 1.90 bits per heavy atom. The number of rotatable bonds is 4. The predicted molar refractivity (Wildman–Crippen MR) is 77.0 cm³/mol. The zero-order valence-electron chi connectivity index (χ0n) is 10.4. The molecule has 2 aromatic rings. The molecule has 0 aromatic heterocycles. The number of aromatic hydroxyl groups is 1. The predicted octanol–water partition coefficient (Wildman–Crippen LogP) is 2.75. The Labute approximate surface area is 125 Å². The van der Waals surface area contributed by atoms with Crippen molar-refractivity contribution in [3.8, 4) is 5.75 Å². The van der Waals surface area contributed by atoms with E-state index in [1.54, 1.807) is 0 Å². The van der Waals surface area contributed by atoms with Crippen LogP contribution < -0.4 is 4.72 Å². The van der Waals surface area contributed by atoms with Gasteiger partial charge >= 0.3 is 0 Å². The molecule has 21 heavy (non-hydrogen) atoms. The van der Waals surface area contributed by atoms with E-state index in [1.807, 2.05) is 0 Å². The monoisotopic (exact) mass is 328 g/mol. The number of phenolic OH excluding ortho intramolecular Hbond substituents is 1. The topological polar surface area (TPSA) is 110 Å². The van der Waals surface area contributed by atoms with Crippen LogP contribution in [0.15, 0.2) is 47.4 Å². The summed E-state index contributed by atoms with van der Waals surface area (Å²) in [7, 11) is -4.02.